The van der Waals surface area contributed by atoms with Gasteiger partial charge in [-0.2, -0.15) is 0 Å². The summed E-state index contributed by atoms with van der Waals surface area (Å²) in [5, 5.41) is 5.74. The predicted octanol–water partition coefficient (Wildman–Crippen LogP) is 0.357. The molecule has 1 saturated heterocycles. The molecule has 118 valence electrons. The molecular formula is C15H20N4O3. The summed E-state index contributed by atoms with van der Waals surface area (Å²) in [6.45, 7) is 3.97. The number of anilines is 2. The zero-order chi connectivity index (χ0) is 15.9. The smallest absolute Gasteiger partial charge is 0.241 e. The molecule has 7 nitrogen and oxygen atoms in total. The number of hydrogen-bond donors (Lipinski definition) is 2. The van der Waals surface area contributed by atoms with Crippen LogP contribution in [0.5, 0.6) is 0 Å². The number of hydrogen-bond acceptors (Lipinski definition) is 4. The molecule has 3 amide bonds. The highest BCUT2D eigenvalue weighted by molar-refractivity contribution is 5.89. The number of benzene rings is 1. The average Bonchev–Trinajstić information content (AvgIpc) is 2.53. The van der Waals surface area contributed by atoms with E-state index in [2.05, 4.69) is 10.6 Å². The summed E-state index contributed by atoms with van der Waals surface area (Å²) in [4.78, 5) is 37.0. The predicted molar refractivity (Wildman–Crippen MR) is 83.5 cm³/mol. The van der Waals surface area contributed by atoms with Crippen molar-refractivity contribution in [1.29, 1.82) is 0 Å². The van der Waals surface area contributed by atoms with E-state index in [9.17, 15) is 14.4 Å². The van der Waals surface area contributed by atoms with Crippen LogP contribution in [0.1, 0.15) is 6.92 Å². The van der Waals surface area contributed by atoms with Crippen LogP contribution in [0, 0.1) is 0 Å². The van der Waals surface area contributed by atoms with Gasteiger partial charge in [0, 0.05) is 44.5 Å². The summed E-state index contributed by atoms with van der Waals surface area (Å²) >= 11 is 0. The molecule has 7 heteroatoms. The van der Waals surface area contributed by atoms with Crippen molar-refractivity contribution in [1.82, 2.24) is 9.80 Å². The number of nitrogens with zero attached hydrogens (tertiary/aromatic N) is 2. The Morgan fingerprint density at radius 3 is 2.23 bits per heavy atom. The van der Waals surface area contributed by atoms with Crippen molar-refractivity contribution in [3.05, 3.63) is 24.3 Å². The standard InChI is InChI=1S/C15H20N4O3/c1-12(21)17-14-4-2-13(3-5-14)16-10-15(22)19-8-6-18(11-20)7-9-19/h2-5,11,16H,6-10H2,1H3,(H,17,21). The van der Waals surface area contributed by atoms with Crippen molar-refractivity contribution >= 4 is 29.6 Å². The van der Waals surface area contributed by atoms with Crippen LogP contribution in [-0.4, -0.2) is 60.7 Å². The zero-order valence-corrected chi connectivity index (χ0v) is 12.5. The van der Waals surface area contributed by atoms with Crippen LogP contribution in [0.2, 0.25) is 0 Å². The number of carbonyl (C=O) groups is 3. The molecule has 1 heterocycles. The molecule has 1 fully saturated rings. The fourth-order valence-corrected chi connectivity index (χ4v) is 2.24. The van der Waals surface area contributed by atoms with Gasteiger partial charge in [-0.05, 0) is 24.3 Å². The molecule has 0 radical (unpaired) electrons. The minimum atomic E-state index is -0.120. The minimum Gasteiger partial charge on any atom is -0.376 e. The first kappa shape index (κ1) is 15.8. The Bertz CT molecular complexity index is 536. The Hall–Kier alpha value is -2.57. The van der Waals surface area contributed by atoms with Gasteiger partial charge < -0.3 is 20.4 Å². The van der Waals surface area contributed by atoms with E-state index >= 15 is 0 Å². The van der Waals surface area contributed by atoms with Crippen molar-refractivity contribution in [2.75, 3.05) is 43.4 Å². The average molecular weight is 304 g/mol. The summed E-state index contributed by atoms with van der Waals surface area (Å²) < 4.78 is 0. The first-order chi connectivity index (χ1) is 10.6. The van der Waals surface area contributed by atoms with Crippen LogP contribution in [0.4, 0.5) is 11.4 Å². The third kappa shape index (κ3) is 4.47. The highest BCUT2D eigenvalue weighted by atomic mass is 16.2. The van der Waals surface area contributed by atoms with Crippen LogP contribution in [0.3, 0.4) is 0 Å². The summed E-state index contributed by atoms with van der Waals surface area (Å²) in [6, 6.07) is 7.17. The summed E-state index contributed by atoms with van der Waals surface area (Å²) in [5.74, 6) is -0.109. The quantitative estimate of drug-likeness (QED) is 0.770. The fraction of sp³-hybridized carbons (Fsp3) is 0.400. The Labute approximate surface area is 129 Å². The highest BCUT2D eigenvalue weighted by Gasteiger charge is 2.19. The van der Waals surface area contributed by atoms with Crippen LogP contribution < -0.4 is 10.6 Å². The van der Waals surface area contributed by atoms with Crippen LogP contribution in [-0.2, 0) is 14.4 Å². The van der Waals surface area contributed by atoms with Gasteiger partial charge in [0.05, 0.1) is 6.54 Å². The van der Waals surface area contributed by atoms with Gasteiger partial charge in [0.1, 0.15) is 0 Å². The maximum absolute atomic E-state index is 12.1. The molecule has 1 aromatic rings. The van der Waals surface area contributed by atoms with Crippen LogP contribution in [0.25, 0.3) is 0 Å². The topological polar surface area (TPSA) is 81.8 Å². The fourth-order valence-electron chi connectivity index (χ4n) is 2.24. The first-order valence-electron chi connectivity index (χ1n) is 7.17. The second-order valence-corrected chi connectivity index (χ2v) is 5.13. The van der Waals surface area contributed by atoms with E-state index < -0.39 is 0 Å². The van der Waals surface area contributed by atoms with Crippen LogP contribution in [0.15, 0.2) is 24.3 Å². The van der Waals surface area contributed by atoms with Crippen molar-refractivity contribution < 1.29 is 14.4 Å². The first-order valence-corrected chi connectivity index (χ1v) is 7.17. The molecule has 0 unspecified atom stereocenters. The molecular weight excluding hydrogens is 284 g/mol. The Kier molecular flexibility index (Phi) is 5.35. The lowest BCUT2D eigenvalue weighted by Gasteiger charge is -2.32. The van der Waals surface area contributed by atoms with Gasteiger partial charge in [-0.15, -0.1) is 0 Å². The Morgan fingerprint density at radius 2 is 1.68 bits per heavy atom. The number of amides is 3. The van der Waals surface area contributed by atoms with Crippen LogP contribution >= 0.6 is 0 Å². The molecule has 1 aliphatic rings. The second kappa shape index (κ2) is 7.44. The van der Waals surface area contributed by atoms with Gasteiger partial charge in [0.25, 0.3) is 0 Å². The lowest BCUT2D eigenvalue weighted by Crippen LogP contribution is -2.49. The van der Waals surface area contributed by atoms with E-state index in [1.807, 2.05) is 12.1 Å². The number of nitrogens with one attached hydrogen (secondary N) is 2. The summed E-state index contributed by atoms with van der Waals surface area (Å²) in [6.07, 6.45) is 0.816. The lowest BCUT2D eigenvalue weighted by molar-refractivity contribution is -0.133. The molecule has 1 aromatic carbocycles. The van der Waals surface area contributed by atoms with Crippen molar-refractivity contribution in [3.8, 4) is 0 Å². The largest absolute Gasteiger partial charge is 0.376 e. The van der Waals surface area contributed by atoms with E-state index in [0.29, 0.717) is 26.2 Å². The minimum absolute atomic E-state index is 0.0106. The number of piperazine rings is 1. The molecule has 0 saturated carbocycles. The Balaban J connectivity index is 1.78. The summed E-state index contributed by atoms with van der Waals surface area (Å²) in [5.41, 5.74) is 1.53. The van der Waals surface area contributed by atoms with E-state index in [1.165, 1.54) is 6.92 Å². The van der Waals surface area contributed by atoms with Gasteiger partial charge in [-0.3, -0.25) is 14.4 Å². The van der Waals surface area contributed by atoms with Crippen molar-refractivity contribution in [3.63, 3.8) is 0 Å². The van der Waals surface area contributed by atoms with Gasteiger partial charge in [-0.25, -0.2) is 0 Å². The molecule has 2 N–H and O–H groups in total. The molecule has 22 heavy (non-hydrogen) atoms. The third-order valence-electron chi connectivity index (χ3n) is 3.47. The van der Waals surface area contributed by atoms with Gasteiger partial charge >= 0.3 is 0 Å². The maximum Gasteiger partial charge on any atom is 0.241 e. The molecule has 0 aromatic heterocycles. The van der Waals surface area contributed by atoms with Gasteiger partial charge in [0.15, 0.2) is 0 Å². The van der Waals surface area contributed by atoms with Gasteiger partial charge in [-0.1, -0.05) is 0 Å². The maximum atomic E-state index is 12.1. The van der Waals surface area contributed by atoms with Crippen molar-refractivity contribution in [2.24, 2.45) is 0 Å². The van der Waals surface area contributed by atoms with E-state index in [-0.39, 0.29) is 18.4 Å². The molecule has 0 spiro atoms. The number of carbonyl (C=O) groups excluding carboxylic acids is 3. The molecule has 0 bridgehead atoms. The normalized spacial score (nSPS) is 14.4. The second-order valence-electron chi connectivity index (χ2n) is 5.13. The molecule has 0 aliphatic carbocycles. The Morgan fingerprint density at radius 1 is 1.09 bits per heavy atom. The van der Waals surface area contributed by atoms with Gasteiger partial charge in [0.2, 0.25) is 18.2 Å². The summed E-state index contributed by atoms with van der Waals surface area (Å²) in [7, 11) is 0. The van der Waals surface area contributed by atoms with E-state index in [0.717, 1.165) is 17.8 Å². The van der Waals surface area contributed by atoms with E-state index in [1.54, 1.807) is 21.9 Å². The third-order valence-corrected chi connectivity index (χ3v) is 3.47. The van der Waals surface area contributed by atoms with Crippen molar-refractivity contribution in [2.45, 2.75) is 6.92 Å². The molecule has 2 rings (SSSR count). The number of rotatable bonds is 5. The van der Waals surface area contributed by atoms with E-state index in [4.69, 9.17) is 0 Å². The molecule has 1 aliphatic heterocycles. The zero-order valence-electron chi connectivity index (χ0n) is 12.5. The monoisotopic (exact) mass is 304 g/mol. The molecule has 0 atom stereocenters. The SMILES string of the molecule is CC(=O)Nc1ccc(NCC(=O)N2CCN(C=O)CC2)cc1. The lowest BCUT2D eigenvalue weighted by atomic mass is 10.2. The highest BCUT2D eigenvalue weighted by Crippen LogP contribution is 2.13.